The maximum atomic E-state index is 6.04. The third kappa shape index (κ3) is 6.27. The fourth-order valence-corrected chi connectivity index (χ4v) is 2.78. The van der Waals surface area contributed by atoms with E-state index in [1.54, 1.807) is 0 Å². The summed E-state index contributed by atoms with van der Waals surface area (Å²) in [5.41, 5.74) is 9.44. The highest BCUT2D eigenvalue weighted by Gasteiger charge is 2.27. The van der Waals surface area contributed by atoms with E-state index in [1.165, 1.54) is 11.1 Å². The van der Waals surface area contributed by atoms with Crippen LogP contribution in [0.3, 0.4) is 0 Å². The molecule has 0 aliphatic carbocycles. The van der Waals surface area contributed by atoms with Crippen LogP contribution in [-0.4, -0.2) is 49.2 Å². The van der Waals surface area contributed by atoms with Gasteiger partial charge in [0.1, 0.15) is 0 Å². The van der Waals surface area contributed by atoms with Crippen LogP contribution in [0.25, 0.3) is 0 Å². The van der Waals surface area contributed by atoms with Crippen LogP contribution in [0.2, 0.25) is 0 Å². The van der Waals surface area contributed by atoms with Crippen molar-refractivity contribution in [2.75, 3.05) is 38.2 Å². The fourth-order valence-electron chi connectivity index (χ4n) is 2.78. The molecule has 0 amide bonds. The number of nitrogens with zero attached hydrogens (tertiary/aromatic N) is 2. The van der Waals surface area contributed by atoms with E-state index in [0.717, 1.165) is 32.0 Å². The lowest BCUT2D eigenvalue weighted by atomic mass is 10.0. The van der Waals surface area contributed by atoms with Gasteiger partial charge in [0.25, 0.3) is 0 Å². The number of ether oxygens (including phenoxy) is 1. The highest BCUT2D eigenvalue weighted by atomic mass is 127. The van der Waals surface area contributed by atoms with Gasteiger partial charge in [-0.3, -0.25) is 9.89 Å². The first-order chi connectivity index (χ1) is 10.4. The summed E-state index contributed by atoms with van der Waals surface area (Å²) in [5.74, 6) is 0.464. The lowest BCUT2D eigenvalue weighted by molar-refractivity contribution is -0.00680. The Labute approximate surface area is 156 Å². The van der Waals surface area contributed by atoms with Gasteiger partial charge in [-0.1, -0.05) is 6.07 Å². The number of aliphatic imine (C=N–C) groups is 1. The number of aryl methyl sites for hydroxylation is 2. The van der Waals surface area contributed by atoms with Crippen molar-refractivity contribution in [1.82, 2.24) is 4.90 Å². The van der Waals surface area contributed by atoms with Crippen LogP contribution < -0.4 is 11.1 Å². The number of guanidine groups is 1. The molecule has 5 nitrogen and oxygen atoms in total. The third-order valence-electron chi connectivity index (χ3n) is 4.00. The molecule has 1 aromatic rings. The van der Waals surface area contributed by atoms with Crippen molar-refractivity contribution in [3.63, 3.8) is 0 Å². The van der Waals surface area contributed by atoms with Gasteiger partial charge in [0, 0.05) is 24.3 Å². The van der Waals surface area contributed by atoms with Gasteiger partial charge in [-0.25, -0.2) is 0 Å². The lowest BCUT2D eigenvalue weighted by Crippen LogP contribution is -2.51. The van der Waals surface area contributed by atoms with E-state index < -0.39 is 0 Å². The van der Waals surface area contributed by atoms with Crippen LogP contribution in [0.15, 0.2) is 23.2 Å². The molecule has 0 unspecified atom stereocenters. The van der Waals surface area contributed by atoms with E-state index in [0.29, 0.717) is 12.5 Å². The van der Waals surface area contributed by atoms with Gasteiger partial charge in [0.2, 0.25) is 0 Å². The number of halogens is 1. The minimum Gasteiger partial charge on any atom is -0.379 e. The number of hydrogen-bond donors (Lipinski definition) is 2. The van der Waals surface area contributed by atoms with Gasteiger partial charge < -0.3 is 15.8 Å². The maximum Gasteiger partial charge on any atom is 0.193 e. The zero-order valence-electron chi connectivity index (χ0n) is 14.6. The molecule has 1 aromatic carbocycles. The number of hydrogen-bond acceptors (Lipinski definition) is 3. The Morgan fingerprint density at radius 3 is 2.35 bits per heavy atom. The fraction of sp³-hybridized carbons (Fsp3) is 0.588. The van der Waals surface area contributed by atoms with Gasteiger partial charge in [-0.2, -0.15) is 0 Å². The van der Waals surface area contributed by atoms with Gasteiger partial charge in [-0.15, -0.1) is 24.0 Å². The van der Waals surface area contributed by atoms with E-state index in [4.69, 9.17) is 10.5 Å². The lowest BCUT2D eigenvalue weighted by Gasteiger charge is -2.39. The Hall–Kier alpha value is -0.860. The first-order valence-electron chi connectivity index (χ1n) is 7.85. The highest BCUT2D eigenvalue weighted by Crippen LogP contribution is 2.17. The van der Waals surface area contributed by atoms with Crippen LogP contribution in [0.4, 0.5) is 5.69 Å². The van der Waals surface area contributed by atoms with Crippen molar-refractivity contribution in [3.8, 4) is 0 Å². The Morgan fingerprint density at radius 2 is 1.78 bits per heavy atom. The number of morpholine rings is 1. The van der Waals surface area contributed by atoms with Crippen LogP contribution >= 0.6 is 24.0 Å². The third-order valence-corrected chi connectivity index (χ3v) is 4.00. The molecule has 1 fully saturated rings. The van der Waals surface area contributed by atoms with E-state index in [1.807, 2.05) is 0 Å². The summed E-state index contributed by atoms with van der Waals surface area (Å²) in [6.07, 6.45) is 0. The average Bonchev–Trinajstić information content (AvgIpc) is 2.45. The largest absolute Gasteiger partial charge is 0.379 e. The van der Waals surface area contributed by atoms with Gasteiger partial charge in [0.05, 0.1) is 19.8 Å². The average molecular weight is 432 g/mol. The predicted molar refractivity (Wildman–Crippen MR) is 108 cm³/mol. The molecule has 6 heteroatoms. The molecule has 3 N–H and O–H groups in total. The standard InChI is InChI=1S/C17H28N4O.HI/c1-13-9-14(2)11-15(10-13)20-16(18)19-12-17(3,4)21-5-7-22-8-6-21;/h9-11H,5-8,12H2,1-4H3,(H3,18,19,20);1H. The van der Waals surface area contributed by atoms with Crippen molar-refractivity contribution < 1.29 is 4.74 Å². The normalized spacial score (nSPS) is 16.8. The van der Waals surface area contributed by atoms with Crippen molar-refractivity contribution >= 4 is 35.6 Å². The summed E-state index contributed by atoms with van der Waals surface area (Å²) >= 11 is 0. The van der Waals surface area contributed by atoms with Crippen molar-refractivity contribution in [1.29, 1.82) is 0 Å². The number of rotatable bonds is 4. The van der Waals surface area contributed by atoms with Crippen LogP contribution in [0.1, 0.15) is 25.0 Å². The van der Waals surface area contributed by atoms with Gasteiger partial charge in [0.15, 0.2) is 5.96 Å². The molecule has 0 spiro atoms. The predicted octanol–water partition coefficient (Wildman–Crippen LogP) is 2.76. The molecule has 2 rings (SSSR count). The molecule has 1 saturated heterocycles. The minimum absolute atomic E-state index is 0. The second-order valence-corrected chi connectivity index (χ2v) is 6.61. The zero-order chi connectivity index (χ0) is 16.2. The molecule has 0 aromatic heterocycles. The number of anilines is 1. The number of benzene rings is 1. The Bertz CT molecular complexity index is 519. The summed E-state index contributed by atoms with van der Waals surface area (Å²) in [6.45, 7) is 12.7. The summed E-state index contributed by atoms with van der Waals surface area (Å²) in [7, 11) is 0. The first-order valence-corrected chi connectivity index (χ1v) is 7.85. The van der Waals surface area contributed by atoms with Gasteiger partial charge in [-0.05, 0) is 51.0 Å². The Balaban J connectivity index is 0.00000264. The Kier molecular flexibility index (Phi) is 7.76. The van der Waals surface area contributed by atoms with Crippen molar-refractivity contribution in [3.05, 3.63) is 29.3 Å². The molecule has 1 heterocycles. The van der Waals surface area contributed by atoms with E-state index in [9.17, 15) is 0 Å². The highest BCUT2D eigenvalue weighted by molar-refractivity contribution is 14.0. The van der Waals surface area contributed by atoms with Gasteiger partial charge >= 0.3 is 0 Å². The maximum absolute atomic E-state index is 6.04. The summed E-state index contributed by atoms with van der Waals surface area (Å²) < 4.78 is 5.41. The summed E-state index contributed by atoms with van der Waals surface area (Å²) in [5, 5.41) is 3.18. The molecule has 0 atom stereocenters. The molecule has 23 heavy (non-hydrogen) atoms. The second-order valence-electron chi connectivity index (χ2n) is 6.61. The number of nitrogens with two attached hydrogens (primary N) is 1. The molecule has 0 radical (unpaired) electrons. The molecular formula is C17H29IN4O. The summed E-state index contributed by atoms with van der Waals surface area (Å²) in [6, 6.07) is 6.28. The number of nitrogens with one attached hydrogen (secondary N) is 1. The molecular weight excluding hydrogens is 403 g/mol. The molecule has 130 valence electrons. The van der Waals surface area contributed by atoms with Crippen LogP contribution in [-0.2, 0) is 4.74 Å². The minimum atomic E-state index is -0.0153. The molecule has 0 bridgehead atoms. The van der Waals surface area contributed by atoms with Crippen LogP contribution in [0, 0.1) is 13.8 Å². The molecule has 0 saturated carbocycles. The SMILES string of the molecule is Cc1cc(C)cc(NC(N)=NCC(C)(C)N2CCOCC2)c1.I. The van der Waals surface area contributed by atoms with Crippen LogP contribution in [0.5, 0.6) is 0 Å². The Morgan fingerprint density at radius 1 is 1.22 bits per heavy atom. The second kappa shape index (κ2) is 8.84. The zero-order valence-corrected chi connectivity index (χ0v) is 16.9. The molecule has 1 aliphatic heterocycles. The topological polar surface area (TPSA) is 62.9 Å². The molecule has 1 aliphatic rings. The van der Waals surface area contributed by atoms with E-state index in [-0.39, 0.29) is 29.5 Å². The monoisotopic (exact) mass is 432 g/mol. The smallest absolute Gasteiger partial charge is 0.193 e. The van der Waals surface area contributed by atoms with Crippen molar-refractivity contribution in [2.24, 2.45) is 10.7 Å². The quantitative estimate of drug-likeness (QED) is 0.437. The summed E-state index contributed by atoms with van der Waals surface area (Å²) in [4.78, 5) is 6.93. The van der Waals surface area contributed by atoms with E-state index in [2.05, 4.69) is 61.1 Å². The first kappa shape index (κ1) is 20.2. The van der Waals surface area contributed by atoms with Crippen molar-refractivity contribution in [2.45, 2.75) is 33.2 Å². The van der Waals surface area contributed by atoms with E-state index >= 15 is 0 Å².